The monoisotopic (exact) mass is 305 g/mol. The largest absolute Gasteiger partial charge is 0.459 e. The Hall–Kier alpha value is -2.21. The second kappa shape index (κ2) is 6.99. The molecule has 0 aliphatic heterocycles. The van der Waals surface area contributed by atoms with E-state index in [4.69, 9.17) is 9.15 Å². The Morgan fingerprint density at radius 2 is 1.95 bits per heavy atom. The van der Waals surface area contributed by atoms with E-state index in [9.17, 15) is 9.59 Å². The van der Waals surface area contributed by atoms with Crippen LogP contribution in [-0.2, 0) is 4.79 Å². The molecule has 110 valence electrons. The third-order valence-electron chi connectivity index (χ3n) is 2.76. The summed E-state index contributed by atoms with van der Waals surface area (Å²) >= 11 is 1.42. The minimum absolute atomic E-state index is 0.219. The molecule has 0 bridgehead atoms. The Morgan fingerprint density at radius 1 is 1.24 bits per heavy atom. The molecule has 1 N–H and O–H groups in total. The number of ether oxygens (including phenoxy) is 1. The zero-order chi connectivity index (χ0) is 15.2. The van der Waals surface area contributed by atoms with E-state index in [1.165, 1.54) is 18.0 Å². The minimum atomic E-state index is -0.333. The number of hydrogen-bond acceptors (Lipinski definition) is 5. The number of anilines is 1. The van der Waals surface area contributed by atoms with Crippen molar-refractivity contribution in [3.63, 3.8) is 0 Å². The zero-order valence-corrected chi connectivity index (χ0v) is 12.5. The van der Waals surface area contributed by atoms with Gasteiger partial charge in [-0.1, -0.05) is 0 Å². The summed E-state index contributed by atoms with van der Waals surface area (Å²) in [6.45, 7) is 1.78. The van der Waals surface area contributed by atoms with Gasteiger partial charge in [0.1, 0.15) is 5.75 Å². The van der Waals surface area contributed by atoms with Gasteiger partial charge in [-0.2, -0.15) is 11.8 Å². The van der Waals surface area contributed by atoms with E-state index in [-0.39, 0.29) is 22.9 Å². The summed E-state index contributed by atoms with van der Waals surface area (Å²) in [7, 11) is 0. The summed E-state index contributed by atoms with van der Waals surface area (Å²) < 4.78 is 10.2. The fraction of sp³-hybridized carbons (Fsp3) is 0.200. The van der Waals surface area contributed by atoms with Gasteiger partial charge in [-0.25, -0.2) is 0 Å². The Morgan fingerprint density at radius 3 is 2.52 bits per heavy atom. The summed E-state index contributed by atoms with van der Waals surface area (Å²) in [6, 6.07) is 9.80. The number of carbonyl (C=O) groups excluding carboxylic acids is 2. The molecule has 1 atom stereocenters. The second-order valence-corrected chi connectivity index (χ2v) is 5.43. The van der Waals surface area contributed by atoms with Crippen LogP contribution in [-0.4, -0.2) is 23.4 Å². The van der Waals surface area contributed by atoms with Crippen LogP contribution in [0.2, 0.25) is 0 Å². The molecule has 2 rings (SSSR count). The van der Waals surface area contributed by atoms with Crippen LogP contribution in [0.4, 0.5) is 5.69 Å². The van der Waals surface area contributed by atoms with Crippen molar-refractivity contribution in [2.75, 3.05) is 11.6 Å². The molecule has 0 saturated heterocycles. The molecule has 0 saturated carbocycles. The quantitative estimate of drug-likeness (QED) is 0.678. The lowest BCUT2D eigenvalue weighted by atomic mass is 10.3. The Balaban J connectivity index is 1.96. The van der Waals surface area contributed by atoms with Gasteiger partial charge in [-0.3, -0.25) is 9.59 Å². The molecule has 0 radical (unpaired) electrons. The molecule has 0 aliphatic carbocycles. The molecule has 1 amide bonds. The maximum Gasteiger partial charge on any atom is 0.324 e. The van der Waals surface area contributed by atoms with Crippen molar-refractivity contribution >= 4 is 29.3 Å². The van der Waals surface area contributed by atoms with Crippen molar-refractivity contribution < 1.29 is 18.7 Å². The molecule has 1 heterocycles. The molecule has 0 spiro atoms. The van der Waals surface area contributed by atoms with E-state index in [0.717, 1.165) is 0 Å². The van der Waals surface area contributed by atoms with Gasteiger partial charge in [-0.15, -0.1) is 0 Å². The molecule has 2 aromatic rings. The van der Waals surface area contributed by atoms with Gasteiger partial charge in [0.15, 0.2) is 5.76 Å². The first-order valence-electron chi connectivity index (χ1n) is 6.29. The SMILES string of the molecule is CS[C@@H](C)C(=O)Oc1ccc(NC(=O)c2ccco2)cc1. The number of hydrogen-bond donors (Lipinski definition) is 1. The molecular formula is C15H15NO4S. The van der Waals surface area contributed by atoms with Crippen molar-refractivity contribution in [2.24, 2.45) is 0 Å². The first-order chi connectivity index (χ1) is 10.1. The van der Waals surface area contributed by atoms with Gasteiger partial charge < -0.3 is 14.5 Å². The van der Waals surface area contributed by atoms with E-state index >= 15 is 0 Å². The van der Waals surface area contributed by atoms with Crippen LogP contribution in [0.15, 0.2) is 47.1 Å². The number of nitrogens with one attached hydrogen (secondary N) is 1. The van der Waals surface area contributed by atoms with Crippen LogP contribution < -0.4 is 10.1 Å². The van der Waals surface area contributed by atoms with Crippen LogP contribution in [0, 0.1) is 0 Å². The van der Waals surface area contributed by atoms with E-state index in [1.54, 1.807) is 43.3 Å². The first-order valence-corrected chi connectivity index (χ1v) is 7.58. The summed E-state index contributed by atoms with van der Waals surface area (Å²) in [5.74, 6) is 0.0480. The molecular weight excluding hydrogens is 290 g/mol. The number of furan rings is 1. The summed E-state index contributed by atoms with van der Waals surface area (Å²) in [5, 5.41) is 2.46. The van der Waals surface area contributed by atoms with Gasteiger partial charge in [-0.05, 0) is 49.6 Å². The minimum Gasteiger partial charge on any atom is -0.459 e. The predicted molar refractivity (Wildman–Crippen MR) is 81.7 cm³/mol. The highest BCUT2D eigenvalue weighted by atomic mass is 32.2. The van der Waals surface area contributed by atoms with Crippen molar-refractivity contribution in [2.45, 2.75) is 12.2 Å². The second-order valence-electron chi connectivity index (χ2n) is 4.25. The fourth-order valence-electron chi connectivity index (χ4n) is 1.50. The van der Waals surface area contributed by atoms with Crippen molar-refractivity contribution in [1.29, 1.82) is 0 Å². The smallest absolute Gasteiger partial charge is 0.324 e. The highest BCUT2D eigenvalue weighted by molar-refractivity contribution is 7.99. The van der Waals surface area contributed by atoms with Crippen LogP contribution in [0.25, 0.3) is 0 Å². The highest BCUT2D eigenvalue weighted by Gasteiger charge is 2.14. The molecule has 6 heteroatoms. The average Bonchev–Trinajstić information content (AvgIpc) is 3.02. The lowest BCUT2D eigenvalue weighted by molar-refractivity contribution is -0.133. The molecule has 21 heavy (non-hydrogen) atoms. The van der Waals surface area contributed by atoms with Gasteiger partial charge >= 0.3 is 5.97 Å². The van der Waals surface area contributed by atoms with Gasteiger partial charge in [0.25, 0.3) is 5.91 Å². The molecule has 0 aliphatic rings. The highest BCUT2D eigenvalue weighted by Crippen LogP contribution is 2.18. The molecule has 1 aromatic heterocycles. The molecule has 0 fully saturated rings. The number of thioether (sulfide) groups is 1. The summed E-state index contributed by atoms with van der Waals surface area (Å²) in [4.78, 5) is 23.4. The van der Waals surface area contributed by atoms with Crippen LogP contribution in [0.5, 0.6) is 5.75 Å². The van der Waals surface area contributed by atoms with Crippen LogP contribution in [0.3, 0.4) is 0 Å². The average molecular weight is 305 g/mol. The standard InChI is InChI=1S/C15H15NO4S/c1-10(21-2)15(18)20-12-7-5-11(6-8-12)16-14(17)13-4-3-9-19-13/h3-10H,1-2H3,(H,16,17)/t10-/m0/s1. The lowest BCUT2D eigenvalue weighted by Crippen LogP contribution is -2.19. The van der Waals surface area contributed by atoms with Gasteiger partial charge in [0.05, 0.1) is 11.5 Å². The number of rotatable bonds is 5. The van der Waals surface area contributed by atoms with Gasteiger partial charge in [0, 0.05) is 5.69 Å². The Labute approximate surface area is 126 Å². The summed E-state index contributed by atoms with van der Waals surface area (Å²) in [5.41, 5.74) is 0.592. The number of carbonyl (C=O) groups is 2. The van der Waals surface area contributed by atoms with E-state index < -0.39 is 0 Å². The molecule has 5 nitrogen and oxygen atoms in total. The third kappa shape index (κ3) is 4.13. The predicted octanol–water partition coefficient (Wildman–Crippen LogP) is 3.19. The number of amides is 1. The molecule has 1 aromatic carbocycles. The first kappa shape index (κ1) is 15.2. The fourth-order valence-corrected chi connectivity index (χ4v) is 1.74. The number of benzene rings is 1. The normalized spacial score (nSPS) is 11.7. The number of esters is 1. The topological polar surface area (TPSA) is 68.5 Å². The Bertz CT molecular complexity index is 607. The zero-order valence-electron chi connectivity index (χ0n) is 11.7. The maximum atomic E-state index is 11.8. The van der Waals surface area contributed by atoms with Crippen molar-refractivity contribution in [1.82, 2.24) is 0 Å². The van der Waals surface area contributed by atoms with E-state index in [0.29, 0.717) is 11.4 Å². The maximum absolute atomic E-state index is 11.8. The van der Waals surface area contributed by atoms with Gasteiger partial charge in [0.2, 0.25) is 0 Å². The van der Waals surface area contributed by atoms with E-state index in [1.807, 2.05) is 6.26 Å². The molecule has 0 unspecified atom stereocenters. The van der Waals surface area contributed by atoms with E-state index in [2.05, 4.69) is 5.32 Å². The lowest BCUT2D eigenvalue weighted by Gasteiger charge is -2.09. The third-order valence-corrected chi connectivity index (χ3v) is 3.66. The van der Waals surface area contributed by atoms with Crippen molar-refractivity contribution in [3.05, 3.63) is 48.4 Å². The van der Waals surface area contributed by atoms with Crippen molar-refractivity contribution in [3.8, 4) is 5.75 Å². The van der Waals surface area contributed by atoms with Crippen LogP contribution in [0.1, 0.15) is 17.5 Å². The summed E-state index contributed by atoms with van der Waals surface area (Å²) in [6.07, 6.45) is 3.28. The Kier molecular flexibility index (Phi) is 5.05. The van der Waals surface area contributed by atoms with Crippen LogP contribution >= 0.6 is 11.8 Å².